The quantitative estimate of drug-likeness (QED) is 0.164. The van der Waals surface area contributed by atoms with Crippen molar-refractivity contribution in [3.05, 3.63) is 259 Å². The molecule has 16 heterocycles. The fourth-order valence-electron chi connectivity index (χ4n) is 26.7. The summed E-state index contributed by atoms with van der Waals surface area (Å²) in [6, 6.07) is 52.3. The number of fused-ring (bicyclic) bond motifs is 28. The van der Waals surface area contributed by atoms with Gasteiger partial charge in [0, 0.05) is 22.3 Å². The molecule has 26 rings (SSSR count). The van der Waals surface area contributed by atoms with Crippen LogP contribution in [0.5, 0.6) is 0 Å². The summed E-state index contributed by atoms with van der Waals surface area (Å²) in [4.78, 5) is 20.7. The fraction of sp³-hybridized carbons (Fsp3) is 0.374. The molecule has 0 unspecified atom stereocenters. The van der Waals surface area contributed by atoms with Crippen LogP contribution in [0.1, 0.15) is 255 Å². The zero-order valence-corrected chi connectivity index (χ0v) is 81.6. The molecular formula is C115H126N16+4. The minimum Gasteiger partial charge on any atom is -0.299 e. The van der Waals surface area contributed by atoms with Gasteiger partial charge in [-0.15, -0.1) is 0 Å². The summed E-state index contributed by atoms with van der Waals surface area (Å²) in [5, 5.41) is 0. The van der Waals surface area contributed by atoms with Gasteiger partial charge in [-0.3, -0.25) is 35.9 Å². The van der Waals surface area contributed by atoms with Crippen molar-refractivity contribution in [2.75, 3.05) is 0 Å². The van der Waals surface area contributed by atoms with Crippen molar-refractivity contribution in [3.8, 4) is 45.0 Å². The number of aryl methyl sites for hydroxylation is 12. The number of benzene rings is 8. The third-order valence-corrected chi connectivity index (χ3v) is 31.7. The van der Waals surface area contributed by atoms with E-state index in [1.165, 1.54) is 247 Å². The van der Waals surface area contributed by atoms with E-state index in [1.807, 2.05) is 0 Å². The Labute approximate surface area is 768 Å². The Kier molecular flexibility index (Phi) is 18.0. The standard InChI is InChI=1S/C30H33N4.C29H31N4.C29H33N4.C27H29N4/c1-18-15-16-23-27-25(18)28-26(24(19(2)17-32(28)5)20-11-7-6-8-12-20)30(3,4)34(27)29-31-21-13-9-10-14-22(21)33(23)29;1-17-14-15-22-26-24(17)27-25(23(18(2)16-31(27)5)19-10-6-7-11-19)29(3,4)33(26)28-30-20-12-8-9-13-21(20)32(22)28;1-17-13-14-22-25-23(17)26-24(19(15-28(3,4)5)18(2)16-31(26)8)29(6,7)33(25)27-30-20-11-9-10-12-21(20)32(22)27;1-15(2)21-17(4)14-29(7)25-22-16(3)12-13-20-24(22)31(27(5,6)23(21)25)26-28-18-10-8-9-11-19(18)30(20)26/h9-10,13-17,20H,6-8,11-12H2,1-5H3;8-9,12-16,19H,6-7,10-11H2,1-5H3;9-14,16H,15H2,1-8H3;8-15H,1-7H3/q4*+1. The molecule has 0 spiro atoms. The summed E-state index contributed by atoms with van der Waals surface area (Å²) in [7, 11) is 8.88. The Morgan fingerprint density at radius 2 is 0.588 bits per heavy atom. The second-order valence-corrected chi connectivity index (χ2v) is 43.5. The molecule has 0 bridgehead atoms. The van der Waals surface area contributed by atoms with Gasteiger partial charge in [-0.25, -0.2) is 38.2 Å². The maximum absolute atomic E-state index is 5.20. The largest absolute Gasteiger partial charge is 0.299 e. The molecule has 6 aliphatic rings. The van der Waals surface area contributed by atoms with E-state index in [2.05, 4.69) is 398 Å². The Morgan fingerprint density at radius 1 is 0.321 bits per heavy atom. The van der Waals surface area contributed by atoms with E-state index in [9.17, 15) is 0 Å². The van der Waals surface area contributed by atoms with Crippen LogP contribution in [0.3, 0.4) is 0 Å². The lowest BCUT2D eigenvalue weighted by Gasteiger charge is -2.38. The van der Waals surface area contributed by atoms with Crippen LogP contribution >= 0.6 is 0 Å². The highest BCUT2D eigenvalue weighted by atomic mass is 15.3. The fourth-order valence-corrected chi connectivity index (χ4v) is 26.7. The molecule has 8 aromatic carbocycles. The van der Waals surface area contributed by atoms with Gasteiger partial charge in [0.25, 0.3) is 0 Å². The summed E-state index contributed by atoms with van der Waals surface area (Å²) in [6.45, 7) is 49.0. The average Bonchev–Trinajstić information content (AvgIpc) is 1.54. The second-order valence-electron chi connectivity index (χ2n) is 43.5. The van der Waals surface area contributed by atoms with E-state index in [1.54, 1.807) is 11.1 Å². The molecule has 662 valence electrons. The van der Waals surface area contributed by atoms with Gasteiger partial charge < -0.3 is 0 Å². The molecule has 16 nitrogen and oxygen atoms in total. The molecule has 0 atom stereocenters. The highest BCUT2D eigenvalue weighted by Crippen LogP contribution is 2.57. The molecule has 0 radical (unpaired) electrons. The van der Waals surface area contributed by atoms with Crippen molar-refractivity contribution in [3.63, 3.8) is 0 Å². The van der Waals surface area contributed by atoms with Gasteiger partial charge >= 0.3 is 0 Å². The van der Waals surface area contributed by atoms with E-state index >= 15 is 0 Å². The van der Waals surface area contributed by atoms with Gasteiger partial charge in [-0.1, -0.05) is 140 Å². The van der Waals surface area contributed by atoms with Crippen molar-refractivity contribution in [1.29, 1.82) is 0 Å². The van der Waals surface area contributed by atoms with Crippen molar-refractivity contribution >= 4 is 111 Å². The first kappa shape index (κ1) is 82.8. The number of hydrogen-bond acceptors (Lipinski definition) is 4. The van der Waals surface area contributed by atoms with E-state index in [4.69, 9.17) is 19.9 Å². The summed E-state index contributed by atoms with van der Waals surface area (Å²) in [6.07, 6.45) is 22.4. The lowest BCUT2D eigenvalue weighted by Crippen LogP contribution is -2.42. The molecular weight excluding hydrogens is 1610 g/mol. The first-order valence-corrected chi connectivity index (χ1v) is 48.3. The van der Waals surface area contributed by atoms with E-state index in [0.29, 0.717) is 17.8 Å². The molecule has 4 aliphatic heterocycles. The monoisotopic (exact) mass is 1730 g/mol. The molecule has 0 N–H and O–H groups in total. The topological polar surface area (TPSA) is 104 Å². The van der Waals surface area contributed by atoms with Crippen molar-refractivity contribution in [2.24, 2.45) is 33.6 Å². The van der Waals surface area contributed by atoms with Crippen molar-refractivity contribution in [1.82, 2.24) is 55.8 Å². The van der Waals surface area contributed by atoms with Gasteiger partial charge in [0.15, 0.2) is 24.8 Å². The molecule has 12 aromatic heterocycles. The number of pyridine rings is 4. The molecule has 0 saturated heterocycles. The third-order valence-electron chi connectivity index (χ3n) is 31.7. The Morgan fingerprint density at radius 3 is 0.901 bits per heavy atom. The zero-order valence-electron chi connectivity index (χ0n) is 81.6. The molecule has 16 heteroatoms. The SMILES string of the molecule is Cc1c[n+](C)c2c(c1C(C)C)C(C)(C)n1c3c-2c(C)ccc3n2c3ccccc3nc12.Cc1c[n+](C)c2c(c1C1CCCC1)C(C)(C)n1c3c-2c(C)ccc3n2c3ccccc3nc12.Cc1c[n+](C)c2c(c1C1CCCCC1)C(C)(C)n1c3c-2c(C)ccc3n2c3ccccc3nc12.Cc1c[n+](C)c2c(c1CC(C)(C)C)C(C)(C)n1c3c-2c(C)ccc3n2c3ccccc3nc12. The van der Waals surface area contributed by atoms with Crippen molar-refractivity contribution < 1.29 is 18.3 Å². The normalized spacial score (nSPS) is 16.3. The van der Waals surface area contributed by atoms with Crippen LogP contribution in [-0.2, 0) is 56.8 Å². The molecule has 2 saturated carbocycles. The lowest BCUT2D eigenvalue weighted by molar-refractivity contribution is -0.661. The minimum atomic E-state index is -0.245. The first-order chi connectivity index (χ1) is 62.5. The molecule has 131 heavy (non-hydrogen) atoms. The molecule has 20 aromatic rings. The number of hydrogen-bond donors (Lipinski definition) is 0. The van der Waals surface area contributed by atoms with Gasteiger partial charge in [-0.2, -0.15) is 0 Å². The predicted octanol–water partition coefficient (Wildman–Crippen LogP) is 25.0. The van der Waals surface area contributed by atoms with E-state index < -0.39 is 0 Å². The third kappa shape index (κ3) is 11.3. The maximum atomic E-state index is 5.20. The summed E-state index contributed by atoms with van der Waals surface area (Å²) < 4.78 is 29.1. The minimum absolute atomic E-state index is 0.198. The molecule has 2 fully saturated rings. The van der Waals surface area contributed by atoms with Gasteiger partial charge in [0.05, 0.1) is 155 Å². The number of para-hydroxylation sites is 8. The highest BCUT2D eigenvalue weighted by molar-refractivity contribution is 6.06. The van der Waals surface area contributed by atoms with E-state index in [-0.39, 0.29) is 27.6 Å². The summed E-state index contributed by atoms with van der Waals surface area (Å²) in [5.74, 6) is 5.91. The number of imidazole rings is 8. The Balaban J connectivity index is 0.0000000993. The van der Waals surface area contributed by atoms with E-state index in [0.717, 1.165) is 51.6 Å². The predicted molar refractivity (Wildman–Crippen MR) is 535 cm³/mol. The van der Waals surface area contributed by atoms with Crippen LogP contribution in [0.4, 0.5) is 0 Å². The first-order valence-electron chi connectivity index (χ1n) is 48.3. The van der Waals surface area contributed by atoms with Crippen LogP contribution in [0.25, 0.3) is 156 Å². The smallest absolute Gasteiger partial charge is 0.220 e. The number of rotatable bonds is 4. The highest BCUT2D eigenvalue weighted by Gasteiger charge is 2.51. The number of nitrogens with zero attached hydrogens (tertiary/aromatic N) is 16. The zero-order chi connectivity index (χ0) is 91.3. The van der Waals surface area contributed by atoms with Crippen LogP contribution in [0.15, 0.2) is 170 Å². The maximum Gasteiger partial charge on any atom is 0.220 e. The van der Waals surface area contributed by atoms with Crippen LogP contribution in [0, 0.1) is 60.8 Å². The van der Waals surface area contributed by atoms with Crippen LogP contribution in [-0.4, -0.2) is 55.8 Å². The molecule has 2 aliphatic carbocycles. The second kappa shape index (κ2) is 28.5. The van der Waals surface area contributed by atoms with Crippen LogP contribution in [0.2, 0.25) is 0 Å². The Bertz CT molecular complexity index is 8400. The number of aromatic nitrogens is 16. The lowest BCUT2D eigenvalue weighted by atomic mass is 9.73. The average molecular weight is 1730 g/mol. The van der Waals surface area contributed by atoms with Gasteiger partial charge in [-0.05, 0) is 283 Å². The summed E-state index contributed by atoms with van der Waals surface area (Å²) >= 11 is 0. The van der Waals surface area contributed by atoms with Crippen molar-refractivity contribution in [2.45, 2.75) is 250 Å². The van der Waals surface area contributed by atoms with Gasteiger partial charge in [0.2, 0.25) is 45.9 Å². The van der Waals surface area contributed by atoms with Gasteiger partial charge in [0.1, 0.15) is 28.2 Å². The van der Waals surface area contributed by atoms with Crippen LogP contribution < -0.4 is 18.3 Å². The molecule has 0 amide bonds. The Hall–Kier alpha value is -12.6. The summed E-state index contributed by atoms with van der Waals surface area (Å²) in [5.41, 5.74) is 52.2.